The van der Waals surface area contributed by atoms with Gasteiger partial charge in [0.25, 0.3) is 0 Å². The van der Waals surface area contributed by atoms with E-state index in [0.29, 0.717) is 13.0 Å². The Morgan fingerprint density at radius 2 is 2.00 bits per heavy atom. The van der Waals surface area contributed by atoms with E-state index >= 15 is 0 Å². The molecule has 0 saturated carbocycles. The molecule has 0 fully saturated rings. The van der Waals surface area contributed by atoms with Crippen molar-refractivity contribution in [3.05, 3.63) is 35.9 Å². The van der Waals surface area contributed by atoms with Crippen LogP contribution in [0.2, 0.25) is 0 Å². The van der Waals surface area contributed by atoms with Crippen LogP contribution < -0.4 is 0 Å². The summed E-state index contributed by atoms with van der Waals surface area (Å²) in [5, 5.41) is 18.6. The maximum Gasteiger partial charge on any atom is 0.0942 e. The lowest BCUT2D eigenvalue weighted by molar-refractivity contribution is 0.0737. The summed E-state index contributed by atoms with van der Waals surface area (Å²) in [4.78, 5) is 2.00. The lowest BCUT2D eigenvalue weighted by Crippen LogP contribution is -2.34. The average Bonchev–Trinajstić information content (AvgIpc) is 2.35. The number of aliphatic hydroxyl groups excluding tert-OH is 1. The highest BCUT2D eigenvalue weighted by Crippen LogP contribution is 2.19. The van der Waals surface area contributed by atoms with Crippen LogP contribution in [0.1, 0.15) is 25.0 Å². The SMILES string of the molecule is C[C@@H]([C@H](O)c1ccccc1)N(C)CCC#N. The molecule has 0 bridgehead atoms. The first-order valence-electron chi connectivity index (χ1n) is 5.47. The molecule has 0 aromatic heterocycles. The number of likely N-dealkylation sites (N-methyl/N-ethyl adjacent to an activating group) is 1. The number of hydrogen-bond acceptors (Lipinski definition) is 3. The molecule has 0 aliphatic carbocycles. The van der Waals surface area contributed by atoms with Crippen LogP contribution in [0.15, 0.2) is 30.3 Å². The van der Waals surface area contributed by atoms with Gasteiger partial charge in [-0.1, -0.05) is 30.3 Å². The maximum atomic E-state index is 10.1. The van der Waals surface area contributed by atoms with Gasteiger partial charge in [-0.2, -0.15) is 5.26 Å². The van der Waals surface area contributed by atoms with Crippen molar-refractivity contribution in [2.75, 3.05) is 13.6 Å². The molecule has 1 N–H and O–H groups in total. The first-order valence-corrected chi connectivity index (χ1v) is 5.47. The van der Waals surface area contributed by atoms with Gasteiger partial charge in [-0.25, -0.2) is 0 Å². The molecule has 3 heteroatoms. The smallest absolute Gasteiger partial charge is 0.0942 e. The van der Waals surface area contributed by atoms with E-state index in [4.69, 9.17) is 5.26 Å². The molecule has 1 aromatic carbocycles. The number of nitrogens with zero attached hydrogens (tertiary/aromatic N) is 2. The van der Waals surface area contributed by atoms with Gasteiger partial charge in [0.15, 0.2) is 0 Å². The zero-order valence-electron chi connectivity index (χ0n) is 9.80. The van der Waals surface area contributed by atoms with Gasteiger partial charge in [-0.3, -0.25) is 4.90 Å². The minimum absolute atomic E-state index is 0.00995. The van der Waals surface area contributed by atoms with Crippen LogP contribution in [0.3, 0.4) is 0 Å². The van der Waals surface area contributed by atoms with E-state index < -0.39 is 6.10 Å². The molecule has 0 amide bonds. The van der Waals surface area contributed by atoms with Gasteiger partial charge in [0, 0.05) is 19.0 Å². The second kappa shape index (κ2) is 6.26. The van der Waals surface area contributed by atoms with Crippen molar-refractivity contribution in [1.82, 2.24) is 4.90 Å². The Bertz CT molecular complexity index is 345. The third-order valence-electron chi connectivity index (χ3n) is 2.87. The van der Waals surface area contributed by atoms with E-state index in [0.717, 1.165) is 5.56 Å². The van der Waals surface area contributed by atoms with Crippen LogP contribution in [-0.2, 0) is 0 Å². The van der Waals surface area contributed by atoms with E-state index in [1.165, 1.54) is 0 Å². The number of rotatable bonds is 5. The van der Waals surface area contributed by atoms with Crippen molar-refractivity contribution in [3.8, 4) is 6.07 Å². The van der Waals surface area contributed by atoms with E-state index in [1.807, 2.05) is 49.2 Å². The predicted octanol–water partition coefficient (Wildman–Crippen LogP) is 1.95. The molecule has 1 aromatic rings. The van der Waals surface area contributed by atoms with Crippen LogP contribution in [0.5, 0.6) is 0 Å². The Kier molecular flexibility index (Phi) is 4.97. The van der Waals surface area contributed by atoms with Gasteiger partial charge >= 0.3 is 0 Å². The minimum Gasteiger partial charge on any atom is -0.387 e. The molecule has 16 heavy (non-hydrogen) atoms. The fraction of sp³-hybridized carbons (Fsp3) is 0.462. The van der Waals surface area contributed by atoms with Crippen molar-refractivity contribution < 1.29 is 5.11 Å². The van der Waals surface area contributed by atoms with Crippen molar-refractivity contribution in [2.24, 2.45) is 0 Å². The lowest BCUT2D eigenvalue weighted by Gasteiger charge is -2.28. The predicted molar refractivity (Wildman–Crippen MR) is 63.7 cm³/mol. The topological polar surface area (TPSA) is 47.3 Å². The highest BCUT2D eigenvalue weighted by atomic mass is 16.3. The molecule has 0 unspecified atom stereocenters. The Labute approximate surface area is 96.9 Å². The molecular weight excluding hydrogens is 200 g/mol. The Morgan fingerprint density at radius 3 is 2.56 bits per heavy atom. The molecule has 0 radical (unpaired) electrons. The summed E-state index contributed by atoms with van der Waals surface area (Å²) in [6, 6.07) is 11.7. The van der Waals surface area contributed by atoms with Gasteiger partial charge in [0.1, 0.15) is 0 Å². The Balaban J connectivity index is 2.60. The molecule has 2 atom stereocenters. The highest BCUT2D eigenvalue weighted by molar-refractivity contribution is 5.18. The zero-order chi connectivity index (χ0) is 12.0. The molecule has 1 rings (SSSR count). The van der Waals surface area contributed by atoms with E-state index in [9.17, 15) is 5.11 Å². The van der Waals surface area contributed by atoms with Gasteiger partial charge in [0.05, 0.1) is 12.2 Å². The molecule has 0 aliphatic rings. The van der Waals surface area contributed by atoms with Crippen molar-refractivity contribution in [3.63, 3.8) is 0 Å². The Morgan fingerprint density at radius 1 is 1.38 bits per heavy atom. The third kappa shape index (κ3) is 3.34. The number of hydrogen-bond donors (Lipinski definition) is 1. The van der Waals surface area contributed by atoms with E-state index in [1.54, 1.807) is 0 Å². The lowest BCUT2D eigenvalue weighted by atomic mass is 10.0. The molecular formula is C13H18N2O. The summed E-state index contributed by atoms with van der Waals surface area (Å²) in [6.45, 7) is 2.65. The largest absolute Gasteiger partial charge is 0.387 e. The summed E-state index contributed by atoms with van der Waals surface area (Å²) in [5.74, 6) is 0. The van der Waals surface area contributed by atoms with Gasteiger partial charge in [-0.05, 0) is 19.5 Å². The minimum atomic E-state index is -0.509. The zero-order valence-corrected chi connectivity index (χ0v) is 9.80. The number of benzene rings is 1. The van der Waals surface area contributed by atoms with Crippen LogP contribution in [0.4, 0.5) is 0 Å². The second-order valence-corrected chi connectivity index (χ2v) is 3.98. The van der Waals surface area contributed by atoms with Crippen molar-refractivity contribution in [2.45, 2.75) is 25.5 Å². The van der Waals surface area contributed by atoms with E-state index in [2.05, 4.69) is 6.07 Å². The molecule has 0 heterocycles. The van der Waals surface area contributed by atoms with Gasteiger partial charge < -0.3 is 5.11 Å². The fourth-order valence-corrected chi connectivity index (χ4v) is 1.60. The van der Waals surface area contributed by atoms with Crippen LogP contribution >= 0.6 is 0 Å². The highest BCUT2D eigenvalue weighted by Gasteiger charge is 2.19. The molecule has 86 valence electrons. The fourth-order valence-electron chi connectivity index (χ4n) is 1.60. The summed E-state index contributed by atoms with van der Waals surface area (Å²) in [6.07, 6.45) is -0.0209. The summed E-state index contributed by atoms with van der Waals surface area (Å²) in [5.41, 5.74) is 0.916. The monoisotopic (exact) mass is 218 g/mol. The third-order valence-corrected chi connectivity index (χ3v) is 2.87. The van der Waals surface area contributed by atoms with Crippen molar-refractivity contribution >= 4 is 0 Å². The van der Waals surface area contributed by atoms with Crippen LogP contribution in [0, 0.1) is 11.3 Å². The number of aliphatic hydroxyl groups is 1. The van der Waals surface area contributed by atoms with Gasteiger partial charge in [0.2, 0.25) is 0 Å². The first kappa shape index (κ1) is 12.7. The van der Waals surface area contributed by atoms with Crippen molar-refractivity contribution in [1.29, 1.82) is 5.26 Å². The maximum absolute atomic E-state index is 10.1. The van der Waals surface area contributed by atoms with Crippen LogP contribution in [-0.4, -0.2) is 29.6 Å². The number of nitriles is 1. The average molecular weight is 218 g/mol. The molecule has 0 aliphatic heterocycles. The standard InChI is InChI=1S/C13H18N2O/c1-11(15(2)10-6-9-14)13(16)12-7-4-3-5-8-12/h3-5,7-8,11,13,16H,6,10H2,1-2H3/t11-,13-/m0/s1. The molecule has 0 spiro atoms. The normalized spacial score (nSPS) is 14.4. The quantitative estimate of drug-likeness (QED) is 0.821. The second-order valence-electron chi connectivity index (χ2n) is 3.98. The summed E-state index contributed by atoms with van der Waals surface area (Å²) < 4.78 is 0. The van der Waals surface area contributed by atoms with Gasteiger partial charge in [-0.15, -0.1) is 0 Å². The summed E-state index contributed by atoms with van der Waals surface area (Å²) >= 11 is 0. The molecule has 3 nitrogen and oxygen atoms in total. The first-order chi connectivity index (χ1) is 7.66. The molecule has 0 saturated heterocycles. The van der Waals surface area contributed by atoms with Crippen LogP contribution in [0.25, 0.3) is 0 Å². The van der Waals surface area contributed by atoms with E-state index in [-0.39, 0.29) is 6.04 Å². The summed E-state index contributed by atoms with van der Waals surface area (Å²) in [7, 11) is 1.92. The Hall–Kier alpha value is -1.37.